The second-order valence-corrected chi connectivity index (χ2v) is 4.02. The van der Waals surface area contributed by atoms with E-state index in [1.54, 1.807) is 6.07 Å². The minimum absolute atomic E-state index is 0.250. The minimum atomic E-state index is -0.250. The van der Waals surface area contributed by atoms with Gasteiger partial charge in [-0.2, -0.15) is 0 Å². The van der Waals surface area contributed by atoms with Gasteiger partial charge in [0.15, 0.2) is 0 Å². The van der Waals surface area contributed by atoms with Gasteiger partial charge in [-0.25, -0.2) is 4.39 Å². The van der Waals surface area contributed by atoms with E-state index in [-0.39, 0.29) is 5.82 Å². The minimum Gasteiger partial charge on any atom is -0.378 e. The fourth-order valence-corrected chi connectivity index (χ4v) is 1.81. The quantitative estimate of drug-likeness (QED) is 0.876. The zero-order valence-corrected chi connectivity index (χ0v) is 9.51. The summed E-state index contributed by atoms with van der Waals surface area (Å²) >= 11 is 3.30. The highest BCUT2D eigenvalue weighted by molar-refractivity contribution is 9.10. The number of H-pyrrole nitrogens is 1. The third kappa shape index (κ3) is 2.39. The van der Waals surface area contributed by atoms with Gasteiger partial charge in [-0.3, -0.25) is 0 Å². The molecule has 2 nitrogen and oxygen atoms in total. The maximum absolute atomic E-state index is 13.4. The molecule has 2 aromatic rings. The van der Waals surface area contributed by atoms with Crippen LogP contribution in [0.4, 0.5) is 10.1 Å². The van der Waals surface area contributed by atoms with E-state index in [4.69, 9.17) is 0 Å². The summed E-state index contributed by atoms with van der Waals surface area (Å²) in [6, 6.07) is 6.86. The number of rotatable bonds is 3. The Morgan fingerprint density at radius 2 is 2.20 bits per heavy atom. The monoisotopic (exact) mass is 268 g/mol. The van der Waals surface area contributed by atoms with Crippen molar-refractivity contribution in [3.63, 3.8) is 0 Å². The van der Waals surface area contributed by atoms with Crippen LogP contribution in [0.1, 0.15) is 5.56 Å². The first-order valence-electron chi connectivity index (χ1n) is 4.57. The van der Waals surface area contributed by atoms with Crippen molar-refractivity contribution in [3.05, 3.63) is 52.5 Å². The van der Waals surface area contributed by atoms with Gasteiger partial charge in [-0.1, -0.05) is 6.07 Å². The van der Waals surface area contributed by atoms with E-state index in [1.165, 1.54) is 6.07 Å². The third-order valence-electron chi connectivity index (χ3n) is 2.09. The lowest BCUT2D eigenvalue weighted by molar-refractivity contribution is 0.629. The van der Waals surface area contributed by atoms with Crippen LogP contribution >= 0.6 is 15.9 Å². The van der Waals surface area contributed by atoms with E-state index in [0.29, 0.717) is 12.2 Å². The van der Waals surface area contributed by atoms with E-state index in [0.717, 1.165) is 10.0 Å². The summed E-state index contributed by atoms with van der Waals surface area (Å²) in [5, 5.41) is 3.04. The van der Waals surface area contributed by atoms with E-state index < -0.39 is 0 Å². The molecule has 2 rings (SSSR count). The van der Waals surface area contributed by atoms with Gasteiger partial charge in [0.1, 0.15) is 5.82 Å². The number of nitrogens with one attached hydrogen (secondary N) is 2. The van der Waals surface area contributed by atoms with Crippen molar-refractivity contribution in [2.45, 2.75) is 6.54 Å². The summed E-state index contributed by atoms with van der Waals surface area (Å²) in [5.74, 6) is -0.250. The molecule has 0 spiro atoms. The second-order valence-electron chi connectivity index (χ2n) is 3.17. The maximum Gasteiger partial charge on any atom is 0.147 e. The molecule has 0 amide bonds. The molecule has 0 saturated carbocycles. The molecule has 0 saturated heterocycles. The van der Waals surface area contributed by atoms with Crippen molar-refractivity contribution in [3.8, 4) is 0 Å². The average Bonchev–Trinajstić information content (AvgIpc) is 2.70. The van der Waals surface area contributed by atoms with Gasteiger partial charge >= 0.3 is 0 Å². The molecule has 0 aliphatic rings. The molecule has 1 aromatic heterocycles. The van der Waals surface area contributed by atoms with Crippen LogP contribution in [-0.4, -0.2) is 4.98 Å². The highest BCUT2D eigenvalue weighted by Crippen LogP contribution is 2.25. The Kier molecular flexibility index (Phi) is 3.06. The lowest BCUT2D eigenvalue weighted by atomic mass is 10.3. The topological polar surface area (TPSA) is 27.8 Å². The van der Waals surface area contributed by atoms with Gasteiger partial charge < -0.3 is 10.3 Å². The van der Waals surface area contributed by atoms with E-state index in [1.807, 2.05) is 24.5 Å². The standard InChI is InChI=1S/C11H10BrFN2/c12-9-2-1-3-10(13)11(9)15-7-8-4-5-14-6-8/h1-6,14-15H,7H2. The van der Waals surface area contributed by atoms with Gasteiger partial charge in [-0.15, -0.1) is 0 Å². The van der Waals surface area contributed by atoms with Gasteiger partial charge in [0.2, 0.25) is 0 Å². The molecule has 2 N–H and O–H groups in total. The molecule has 4 heteroatoms. The van der Waals surface area contributed by atoms with Crippen LogP contribution in [0.5, 0.6) is 0 Å². The van der Waals surface area contributed by atoms with Crippen LogP contribution in [0.15, 0.2) is 41.1 Å². The number of hydrogen-bond donors (Lipinski definition) is 2. The largest absolute Gasteiger partial charge is 0.378 e. The predicted octanol–water partition coefficient (Wildman–Crippen LogP) is 3.53. The maximum atomic E-state index is 13.4. The van der Waals surface area contributed by atoms with Crippen molar-refractivity contribution < 1.29 is 4.39 Å². The fourth-order valence-electron chi connectivity index (χ4n) is 1.33. The van der Waals surface area contributed by atoms with Crippen LogP contribution in [0.25, 0.3) is 0 Å². The molecule has 0 unspecified atom stereocenters. The summed E-state index contributed by atoms with van der Waals surface area (Å²) in [5.41, 5.74) is 1.59. The highest BCUT2D eigenvalue weighted by atomic mass is 79.9. The second kappa shape index (κ2) is 4.49. The van der Waals surface area contributed by atoms with Crippen molar-refractivity contribution in [2.75, 3.05) is 5.32 Å². The van der Waals surface area contributed by atoms with Crippen molar-refractivity contribution >= 4 is 21.6 Å². The average molecular weight is 269 g/mol. The Hall–Kier alpha value is -1.29. The number of hydrogen-bond acceptors (Lipinski definition) is 1. The molecule has 0 aliphatic heterocycles. The Bertz CT molecular complexity index is 420. The first-order chi connectivity index (χ1) is 7.27. The Balaban J connectivity index is 2.11. The SMILES string of the molecule is Fc1cccc(Br)c1NCc1cc[nH]c1. The van der Waals surface area contributed by atoms with Gasteiger partial charge in [0.05, 0.1) is 5.69 Å². The van der Waals surface area contributed by atoms with Crippen molar-refractivity contribution in [1.29, 1.82) is 0 Å². The molecule has 78 valence electrons. The Labute approximate surface area is 95.6 Å². The number of anilines is 1. The molecule has 1 heterocycles. The molecular weight excluding hydrogens is 259 g/mol. The smallest absolute Gasteiger partial charge is 0.147 e. The van der Waals surface area contributed by atoms with Crippen molar-refractivity contribution in [1.82, 2.24) is 4.98 Å². The normalized spacial score (nSPS) is 10.3. The molecule has 15 heavy (non-hydrogen) atoms. The lowest BCUT2D eigenvalue weighted by Crippen LogP contribution is -2.01. The number of aromatic amines is 1. The lowest BCUT2D eigenvalue weighted by Gasteiger charge is -2.08. The molecule has 0 fully saturated rings. The third-order valence-corrected chi connectivity index (χ3v) is 2.76. The number of aromatic nitrogens is 1. The van der Waals surface area contributed by atoms with E-state index >= 15 is 0 Å². The summed E-state index contributed by atoms with van der Waals surface area (Å²) in [4.78, 5) is 2.95. The Morgan fingerprint density at radius 1 is 1.33 bits per heavy atom. The zero-order valence-electron chi connectivity index (χ0n) is 7.93. The fraction of sp³-hybridized carbons (Fsp3) is 0.0909. The first-order valence-corrected chi connectivity index (χ1v) is 5.36. The highest BCUT2D eigenvalue weighted by Gasteiger charge is 2.05. The van der Waals surface area contributed by atoms with Gasteiger partial charge in [0.25, 0.3) is 0 Å². The summed E-state index contributed by atoms with van der Waals surface area (Å²) < 4.78 is 14.1. The van der Waals surface area contributed by atoms with Crippen LogP contribution < -0.4 is 5.32 Å². The predicted molar refractivity (Wildman–Crippen MR) is 62.2 cm³/mol. The molecule has 0 aliphatic carbocycles. The van der Waals surface area contributed by atoms with Crippen molar-refractivity contribution in [2.24, 2.45) is 0 Å². The molecule has 0 bridgehead atoms. The van der Waals surface area contributed by atoms with E-state index in [2.05, 4.69) is 26.2 Å². The Morgan fingerprint density at radius 3 is 2.87 bits per heavy atom. The van der Waals surface area contributed by atoms with Gasteiger partial charge in [0, 0.05) is 23.4 Å². The number of halogens is 2. The molecule has 0 radical (unpaired) electrons. The van der Waals surface area contributed by atoms with Gasteiger partial charge in [-0.05, 0) is 39.7 Å². The summed E-state index contributed by atoms with van der Waals surface area (Å²) in [6.45, 7) is 0.600. The van der Waals surface area contributed by atoms with Crippen LogP contribution in [0.3, 0.4) is 0 Å². The molecule has 0 atom stereocenters. The van der Waals surface area contributed by atoms with Crippen LogP contribution in [0, 0.1) is 5.82 Å². The van der Waals surface area contributed by atoms with Crippen LogP contribution in [0.2, 0.25) is 0 Å². The summed E-state index contributed by atoms with van der Waals surface area (Å²) in [7, 11) is 0. The van der Waals surface area contributed by atoms with E-state index in [9.17, 15) is 4.39 Å². The summed E-state index contributed by atoms with van der Waals surface area (Å²) in [6.07, 6.45) is 3.72. The first kappa shape index (κ1) is 10.2. The van der Waals surface area contributed by atoms with Crippen LogP contribution in [-0.2, 0) is 6.54 Å². The number of benzene rings is 1. The molecule has 1 aromatic carbocycles. The number of para-hydroxylation sites is 1. The zero-order chi connectivity index (χ0) is 10.7. The molecular formula is C11H10BrFN2.